The van der Waals surface area contributed by atoms with Gasteiger partial charge in [0.25, 0.3) is 0 Å². The van der Waals surface area contributed by atoms with Gasteiger partial charge >= 0.3 is 5.97 Å². The molecule has 0 unspecified atom stereocenters. The van der Waals surface area contributed by atoms with E-state index in [0.29, 0.717) is 17.6 Å². The molecule has 1 N–H and O–H groups in total. The van der Waals surface area contributed by atoms with E-state index < -0.39 is 12.0 Å². The molecule has 7 nitrogen and oxygen atoms in total. The number of likely N-dealkylation sites (N-methyl/N-ethyl adjacent to an activating group) is 1. The van der Waals surface area contributed by atoms with Crippen LogP contribution in [0, 0.1) is 0 Å². The van der Waals surface area contributed by atoms with Crippen LogP contribution in [0.15, 0.2) is 18.5 Å². The van der Waals surface area contributed by atoms with Crippen molar-refractivity contribution in [1.29, 1.82) is 0 Å². The zero-order valence-corrected chi connectivity index (χ0v) is 11.2. The fourth-order valence-electron chi connectivity index (χ4n) is 1.75. The van der Waals surface area contributed by atoms with Crippen molar-refractivity contribution in [2.75, 3.05) is 30.1 Å². The molecule has 102 valence electrons. The minimum atomic E-state index is -0.961. The molecule has 1 aliphatic rings. The largest absolute Gasteiger partial charge is 0.480 e. The molecule has 0 radical (unpaired) electrons. The van der Waals surface area contributed by atoms with Crippen molar-refractivity contribution in [3.63, 3.8) is 0 Å². The number of aliphatic carboxylic acids is 1. The van der Waals surface area contributed by atoms with Gasteiger partial charge in [-0.1, -0.05) is 0 Å². The molecule has 0 bridgehead atoms. The van der Waals surface area contributed by atoms with Gasteiger partial charge in [0.1, 0.15) is 6.04 Å². The van der Waals surface area contributed by atoms with Gasteiger partial charge in [-0.25, -0.2) is 14.8 Å². The van der Waals surface area contributed by atoms with E-state index in [2.05, 4.69) is 9.97 Å². The maximum atomic E-state index is 12.1. The second kappa shape index (κ2) is 5.87. The molecular formula is C11H14N4O3S. The van der Waals surface area contributed by atoms with Crippen molar-refractivity contribution in [3.8, 4) is 0 Å². The van der Waals surface area contributed by atoms with Gasteiger partial charge in [0, 0.05) is 25.2 Å². The van der Waals surface area contributed by atoms with Crippen LogP contribution in [-0.4, -0.2) is 63.1 Å². The molecule has 0 aromatic carbocycles. The lowest BCUT2D eigenvalue weighted by molar-refractivity contribution is -0.147. The van der Waals surface area contributed by atoms with Crippen molar-refractivity contribution in [3.05, 3.63) is 18.5 Å². The summed E-state index contributed by atoms with van der Waals surface area (Å²) in [4.78, 5) is 34.2. The predicted molar refractivity (Wildman–Crippen MR) is 70.9 cm³/mol. The summed E-state index contributed by atoms with van der Waals surface area (Å²) in [6.45, 7) is 0.0638. The number of nitrogens with zero attached hydrogens (tertiary/aromatic N) is 4. The topological polar surface area (TPSA) is 86.6 Å². The highest BCUT2D eigenvalue weighted by atomic mass is 32.2. The first-order valence-corrected chi connectivity index (χ1v) is 6.83. The summed E-state index contributed by atoms with van der Waals surface area (Å²) in [5.74, 6) is 0.102. The molecular weight excluding hydrogens is 268 g/mol. The molecule has 1 atom stereocenters. The standard InChI is InChI=1S/C11H14N4O3S/c1-14(11-12-3-2-4-13-11)5-9(16)15-7-19-6-8(15)10(17)18/h2-4,8H,5-7H2,1H3,(H,17,18)/t8-/m0/s1. The monoisotopic (exact) mass is 282 g/mol. The summed E-state index contributed by atoms with van der Waals surface area (Å²) >= 11 is 1.44. The molecule has 1 aromatic rings. The first kappa shape index (κ1) is 13.6. The average molecular weight is 282 g/mol. The minimum absolute atomic E-state index is 0.0638. The quantitative estimate of drug-likeness (QED) is 0.825. The molecule has 0 saturated carbocycles. The fraction of sp³-hybridized carbons (Fsp3) is 0.455. The number of carbonyl (C=O) groups is 2. The molecule has 1 amide bonds. The Kier molecular flexibility index (Phi) is 4.20. The minimum Gasteiger partial charge on any atom is -0.480 e. The highest BCUT2D eigenvalue weighted by Crippen LogP contribution is 2.21. The van der Waals surface area contributed by atoms with E-state index in [-0.39, 0.29) is 12.5 Å². The number of rotatable bonds is 4. The molecule has 2 rings (SSSR count). The van der Waals surface area contributed by atoms with Gasteiger partial charge in [-0.2, -0.15) is 0 Å². The Morgan fingerprint density at radius 3 is 2.84 bits per heavy atom. The van der Waals surface area contributed by atoms with Gasteiger partial charge in [0.2, 0.25) is 11.9 Å². The Hall–Kier alpha value is -1.83. The number of hydrogen-bond donors (Lipinski definition) is 1. The van der Waals surface area contributed by atoms with E-state index in [1.165, 1.54) is 16.7 Å². The van der Waals surface area contributed by atoms with Gasteiger partial charge in [0.05, 0.1) is 12.4 Å². The molecule has 0 aliphatic carbocycles. The fourth-order valence-corrected chi connectivity index (χ4v) is 2.92. The van der Waals surface area contributed by atoms with Gasteiger partial charge in [-0.05, 0) is 6.07 Å². The lowest BCUT2D eigenvalue weighted by Gasteiger charge is -2.23. The van der Waals surface area contributed by atoms with Gasteiger partial charge in [0.15, 0.2) is 0 Å². The Bertz CT molecular complexity index is 470. The van der Waals surface area contributed by atoms with Crippen LogP contribution in [0.4, 0.5) is 5.95 Å². The van der Waals surface area contributed by atoms with E-state index in [0.717, 1.165) is 0 Å². The van der Waals surface area contributed by atoms with E-state index >= 15 is 0 Å². The van der Waals surface area contributed by atoms with E-state index in [9.17, 15) is 9.59 Å². The average Bonchev–Trinajstić information content (AvgIpc) is 2.89. The second-order valence-corrected chi connectivity index (χ2v) is 5.12. The summed E-state index contributed by atoms with van der Waals surface area (Å²) in [7, 11) is 1.70. The first-order chi connectivity index (χ1) is 9.09. The third-order valence-electron chi connectivity index (χ3n) is 2.75. The summed E-state index contributed by atoms with van der Waals surface area (Å²) < 4.78 is 0. The maximum Gasteiger partial charge on any atom is 0.327 e. The molecule has 1 saturated heterocycles. The van der Waals surface area contributed by atoms with Crippen LogP contribution in [0.1, 0.15) is 0 Å². The molecule has 19 heavy (non-hydrogen) atoms. The highest BCUT2D eigenvalue weighted by molar-refractivity contribution is 7.99. The number of carboxylic acid groups (broad SMARTS) is 1. The van der Waals surface area contributed by atoms with Gasteiger partial charge in [-0.3, -0.25) is 4.79 Å². The van der Waals surface area contributed by atoms with Crippen LogP contribution in [-0.2, 0) is 9.59 Å². The number of carboxylic acids is 1. The normalized spacial score (nSPS) is 18.4. The number of amides is 1. The number of carbonyl (C=O) groups excluding carboxylic acids is 1. The summed E-state index contributed by atoms with van der Waals surface area (Å²) in [6, 6.07) is 0.957. The van der Waals surface area contributed by atoms with Crippen LogP contribution in [0.5, 0.6) is 0 Å². The van der Waals surface area contributed by atoms with Crippen molar-refractivity contribution < 1.29 is 14.7 Å². The third-order valence-corrected chi connectivity index (χ3v) is 3.77. The Labute approximate surface area is 114 Å². The SMILES string of the molecule is CN(CC(=O)N1CSC[C@H]1C(=O)O)c1ncccn1. The molecule has 1 fully saturated rings. The van der Waals surface area contributed by atoms with E-state index in [1.54, 1.807) is 30.4 Å². The van der Waals surface area contributed by atoms with Crippen LogP contribution < -0.4 is 4.90 Å². The van der Waals surface area contributed by atoms with Gasteiger partial charge in [-0.15, -0.1) is 11.8 Å². The number of hydrogen-bond acceptors (Lipinski definition) is 6. The molecule has 0 spiro atoms. The van der Waals surface area contributed by atoms with Crippen molar-refractivity contribution in [2.45, 2.75) is 6.04 Å². The Balaban J connectivity index is 1.99. The van der Waals surface area contributed by atoms with Crippen LogP contribution in [0.3, 0.4) is 0 Å². The highest BCUT2D eigenvalue weighted by Gasteiger charge is 2.34. The van der Waals surface area contributed by atoms with Crippen LogP contribution >= 0.6 is 11.8 Å². The Morgan fingerprint density at radius 2 is 2.21 bits per heavy atom. The van der Waals surface area contributed by atoms with Gasteiger partial charge < -0.3 is 14.9 Å². The lowest BCUT2D eigenvalue weighted by atomic mass is 10.3. The molecule has 1 aromatic heterocycles. The predicted octanol–water partition coefficient (Wildman–Crippen LogP) is -0.101. The van der Waals surface area contributed by atoms with Crippen molar-refractivity contribution in [2.24, 2.45) is 0 Å². The lowest BCUT2D eigenvalue weighted by Crippen LogP contribution is -2.46. The first-order valence-electron chi connectivity index (χ1n) is 5.68. The molecule has 8 heteroatoms. The summed E-state index contributed by atoms with van der Waals surface area (Å²) in [6.07, 6.45) is 3.18. The van der Waals surface area contributed by atoms with E-state index in [1.807, 2.05) is 0 Å². The van der Waals surface area contributed by atoms with Crippen molar-refractivity contribution in [1.82, 2.24) is 14.9 Å². The maximum absolute atomic E-state index is 12.1. The summed E-state index contributed by atoms with van der Waals surface area (Å²) in [5.41, 5.74) is 0. The van der Waals surface area contributed by atoms with E-state index in [4.69, 9.17) is 5.11 Å². The zero-order valence-electron chi connectivity index (χ0n) is 10.4. The zero-order chi connectivity index (χ0) is 13.8. The smallest absolute Gasteiger partial charge is 0.327 e. The molecule has 1 aliphatic heterocycles. The Morgan fingerprint density at radius 1 is 1.53 bits per heavy atom. The van der Waals surface area contributed by atoms with Crippen molar-refractivity contribution >= 4 is 29.6 Å². The molecule has 2 heterocycles. The summed E-state index contributed by atoms with van der Waals surface area (Å²) in [5, 5.41) is 9.04. The van der Waals surface area contributed by atoms with Crippen LogP contribution in [0.25, 0.3) is 0 Å². The third kappa shape index (κ3) is 3.14. The number of thioether (sulfide) groups is 1. The van der Waals surface area contributed by atoms with Crippen LogP contribution in [0.2, 0.25) is 0 Å². The number of aromatic nitrogens is 2. The second-order valence-electron chi connectivity index (χ2n) is 4.12. The number of anilines is 1.